The van der Waals surface area contributed by atoms with E-state index in [2.05, 4.69) is 0 Å². The highest BCUT2D eigenvalue weighted by Gasteiger charge is 2.29. The van der Waals surface area contributed by atoms with Crippen molar-refractivity contribution in [2.75, 3.05) is 11.4 Å². The molecule has 0 atom stereocenters. The van der Waals surface area contributed by atoms with Crippen molar-refractivity contribution < 1.29 is 26.9 Å². The first-order valence-electron chi connectivity index (χ1n) is 7.43. The second-order valence-corrected chi connectivity index (χ2v) is 7.52. The van der Waals surface area contributed by atoms with Crippen molar-refractivity contribution in [2.45, 2.75) is 17.1 Å². The van der Waals surface area contributed by atoms with E-state index in [1.807, 2.05) is 0 Å². The third-order valence-electron chi connectivity index (χ3n) is 4.08. The molecule has 1 heterocycles. The normalized spacial score (nSPS) is 13.7. The molecule has 26 heavy (non-hydrogen) atoms. The minimum Gasteiger partial charge on any atom is -0.308 e. The molecule has 3 rings (SSSR count). The Kier molecular flexibility index (Phi) is 4.45. The highest BCUT2D eigenvalue weighted by molar-refractivity contribution is 7.91. The number of nitro groups is 1. The zero-order chi connectivity index (χ0) is 19.1. The van der Waals surface area contributed by atoms with Crippen LogP contribution in [-0.2, 0) is 16.3 Å². The van der Waals surface area contributed by atoms with E-state index < -0.39 is 31.3 Å². The van der Waals surface area contributed by atoms with Gasteiger partial charge in [-0.25, -0.2) is 8.42 Å². The predicted molar refractivity (Wildman–Crippen MR) is 88.1 cm³/mol. The molecular formula is C16H12F2N2O5S. The van der Waals surface area contributed by atoms with Gasteiger partial charge >= 0.3 is 5.76 Å². The summed E-state index contributed by atoms with van der Waals surface area (Å²) in [5, 5.41) is 10.9. The van der Waals surface area contributed by atoms with Crippen LogP contribution in [-0.4, -0.2) is 31.6 Å². The average molecular weight is 382 g/mol. The number of alkyl halides is 2. The number of sulfone groups is 1. The van der Waals surface area contributed by atoms with Crippen LogP contribution in [0.5, 0.6) is 0 Å². The summed E-state index contributed by atoms with van der Waals surface area (Å²) in [4.78, 5) is 23.8. The van der Waals surface area contributed by atoms with Crippen LogP contribution in [0.15, 0.2) is 47.4 Å². The predicted octanol–water partition coefficient (Wildman–Crippen LogP) is 2.79. The summed E-state index contributed by atoms with van der Waals surface area (Å²) in [6.45, 7) is 0.312. The SMILES string of the molecule is O=C(c1ccc(S(=O)(=O)C(F)F)cc1)N1CCc2ccc([N+](=O)[O-])cc21. The summed E-state index contributed by atoms with van der Waals surface area (Å²) in [7, 11) is -4.74. The summed E-state index contributed by atoms with van der Waals surface area (Å²) in [5.74, 6) is -4.04. The quantitative estimate of drug-likeness (QED) is 0.598. The zero-order valence-corrected chi connectivity index (χ0v) is 13.9. The van der Waals surface area contributed by atoms with E-state index in [1.54, 1.807) is 6.07 Å². The van der Waals surface area contributed by atoms with E-state index >= 15 is 0 Å². The van der Waals surface area contributed by atoms with Crippen molar-refractivity contribution in [3.63, 3.8) is 0 Å². The Bertz CT molecular complexity index is 990. The lowest BCUT2D eigenvalue weighted by molar-refractivity contribution is -0.384. The number of fused-ring (bicyclic) bond motifs is 1. The van der Waals surface area contributed by atoms with Crippen LogP contribution >= 0.6 is 0 Å². The van der Waals surface area contributed by atoms with E-state index in [1.165, 1.54) is 17.0 Å². The van der Waals surface area contributed by atoms with Crippen LogP contribution < -0.4 is 4.90 Å². The molecule has 0 N–H and O–H groups in total. The summed E-state index contributed by atoms with van der Waals surface area (Å²) in [5.41, 5.74) is 1.13. The third-order valence-corrected chi connectivity index (χ3v) is 5.48. The fourth-order valence-electron chi connectivity index (χ4n) is 2.74. The van der Waals surface area contributed by atoms with Gasteiger partial charge < -0.3 is 4.90 Å². The average Bonchev–Trinajstić information content (AvgIpc) is 3.04. The molecule has 1 amide bonds. The number of non-ortho nitro benzene ring substituents is 1. The molecule has 2 aromatic rings. The van der Waals surface area contributed by atoms with Gasteiger partial charge in [0.15, 0.2) is 0 Å². The molecule has 0 bridgehead atoms. The molecule has 0 saturated heterocycles. The largest absolute Gasteiger partial charge is 0.341 e. The molecule has 0 spiro atoms. The maximum atomic E-state index is 12.6. The summed E-state index contributed by atoms with van der Waals surface area (Å²) >= 11 is 0. The van der Waals surface area contributed by atoms with Crippen molar-refractivity contribution in [1.82, 2.24) is 0 Å². The Labute approximate surface area is 146 Å². The Morgan fingerprint density at radius 3 is 2.38 bits per heavy atom. The second kappa shape index (κ2) is 6.45. The molecule has 0 aromatic heterocycles. The number of hydrogen-bond acceptors (Lipinski definition) is 5. The molecule has 136 valence electrons. The maximum absolute atomic E-state index is 12.6. The summed E-state index contributed by atoms with van der Waals surface area (Å²) in [6, 6.07) is 8.42. The number of carbonyl (C=O) groups is 1. The van der Waals surface area contributed by atoms with Crippen LogP contribution in [0.4, 0.5) is 20.2 Å². The number of anilines is 1. The number of hydrogen-bond donors (Lipinski definition) is 0. The molecule has 7 nitrogen and oxygen atoms in total. The van der Waals surface area contributed by atoms with Crippen LogP contribution in [0.1, 0.15) is 15.9 Å². The number of halogens is 2. The first kappa shape index (κ1) is 17.9. The number of amides is 1. The molecule has 2 aromatic carbocycles. The molecule has 0 aliphatic carbocycles. The van der Waals surface area contributed by atoms with Gasteiger partial charge in [-0.05, 0) is 36.2 Å². The first-order valence-corrected chi connectivity index (χ1v) is 8.98. The van der Waals surface area contributed by atoms with Gasteiger partial charge in [-0.2, -0.15) is 8.78 Å². The van der Waals surface area contributed by atoms with Gasteiger partial charge in [0.25, 0.3) is 11.6 Å². The Morgan fingerprint density at radius 2 is 1.81 bits per heavy atom. The fraction of sp³-hybridized carbons (Fsp3) is 0.188. The van der Waals surface area contributed by atoms with Gasteiger partial charge in [-0.1, -0.05) is 6.07 Å². The van der Waals surface area contributed by atoms with Crippen molar-refractivity contribution in [3.8, 4) is 0 Å². The number of benzene rings is 2. The number of carbonyl (C=O) groups excluding carboxylic acids is 1. The smallest absolute Gasteiger partial charge is 0.308 e. The summed E-state index contributed by atoms with van der Waals surface area (Å²) in [6.07, 6.45) is 0.525. The van der Waals surface area contributed by atoms with Crippen LogP contribution in [0.25, 0.3) is 0 Å². The van der Waals surface area contributed by atoms with Crippen molar-refractivity contribution in [3.05, 3.63) is 63.7 Å². The molecule has 1 aliphatic heterocycles. The topological polar surface area (TPSA) is 97.6 Å². The van der Waals surface area contributed by atoms with Crippen molar-refractivity contribution in [1.29, 1.82) is 0 Å². The summed E-state index contributed by atoms with van der Waals surface area (Å²) < 4.78 is 48.0. The lowest BCUT2D eigenvalue weighted by Crippen LogP contribution is -2.29. The molecule has 1 aliphatic rings. The highest BCUT2D eigenvalue weighted by atomic mass is 32.2. The van der Waals surface area contributed by atoms with Gasteiger partial charge in [-0.15, -0.1) is 0 Å². The monoisotopic (exact) mass is 382 g/mol. The molecule has 0 saturated carbocycles. The zero-order valence-electron chi connectivity index (χ0n) is 13.1. The molecule has 0 radical (unpaired) electrons. The van der Waals surface area contributed by atoms with Crippen molar-refractivity contribution in [2.24, 2.45) is 0 Å². The minimum atomic E-state index is -4.74. The Hall–Kier alpha value is -2.88. The number of nitro benzene ring substituents is 1. The molecule has 10 heteroatoms. The van der Waals surface area contributed by atoms with Crippen LogP contribution in [0.3, 0.4) is 0 Å². The second-order valence-electron chi connectivity index (χ2n) is 5.61. The highest BCUT2D eigenvalue weighted by Crippen LogP contribution is 2.33. The van der Waals surface area contributed by atoms with Crippen LogP contribution in [0, 0.1) is 10.1 Å². The van der Waals surface area contributed by atoms with Crippen molar-refractivity contribution >= 4 is 27.1 Å². The van der Waals surface area contributed by atoms with E-state index in [9.17, 15) is 32.1 Å². The van der Waals surface area contributed by atoms with E-state index in [4.69, 9.17) is 0 Å². The third kappa shape index (κ3) is 3.03. The first-order chi connectivity index (χ1) is 12.2. The van der Waals surface area contributed by atoms with E-state index in [0.717, 1.165) is 29.8 Å². The lowest BCUT2D eigenvalue weighted by Gasteiger charge is -2.17. The van der Waals surface area contributed by atoms with E-state index in [-0.39, 0.29) is 11.3 Å². The molecule has 0 fully saturated rings. The number of nitrogens with zero attached hydrogens (tertiary/aromatic N) is 2. The van der Waals surface area contributed by atoms with Gasteiger partial charge in [-0.3, -0.25) is 14.9 Å². The number of rotatable bonds is 4. The Morgan fingerprint density at radius 1 is 1.15 bits per heavy atom. The lowest BCUT2D eigenvalue weighted by atomic mass is 10.1. The Balaban J connectivity index is 1.91. The fourth-order valence-corrected chi connectivity index (χ4v) is 3.46. The molecule has 0 unspecified atom stereocenters. The van der Waals surface area contributed by atoms with Gasteiger partial charge in [0, 0.05) is 24.2 Å². The molecular weight excluding hydrogens is 370 g/mol. The van der Waals surface area contributed by atoms with Crippen LogP contribution in [0.2, 0.25) is 0 Å². The van der Waals surface area contributed by atoms with Gasteiger partial charge in [0.2, 0.25) is 9.84 Å². The maximum Gasteiger partial charge on any atom is 0.341 e. The van der Waals surface area contributed by atoms with Gasteiger partial charge in [0.05, 0.1) is 15.5 Å². The van der Waals surface area contributed by atoms with E-state index in [0.29, 0.717) is 18.7 Å². The minimum absolute atomic E-state index is 0.0950. The van der Waals surface area contributed by atoms with Gasteiger partial charge in [0.1, 0.15) is 0 Å². The standard InChI is InChI=1S/C16H12F2N2O5S/c17-16(18)26(24,25)13-5-2-11(3-6-13)15(21)19-8-7-10-1-4-12(20(22)23)9-14(10)19/h1-6,9,16H,7-8H2.